The lowest BCUT2D eigenvalue weighted by Crippen LogP contribution is -2.18. The van der Waals surface area contributed by atoms with Crippen molar-refractivity contribution in [3.8, 4) is 11.1 Å². The molecule has 5 nitrogen and oxygen atoms in total. The van der Waals surface area contributed by atoms with Crippen molar-refractivity contribution in [1.82, 2.24) is 10.2 Å². The van der Waals surface area contributed by atoms with E-state index in [9.17, 15) is 4.79 Å². The van der Waals surface area contributed by atoms with Crippen LogP contribution in [0.25, 0.3) is 11.1 Å². The minimum absolute atomic E-state index is 0.0292. The number of anilines is 2. The number of hydrogen-bond donors (Lipinski definition) is 3. The zero-order chi connectivity index (χ0) is 12.7. The van der Waals surface area contributed by atoms with Gasteiger partial charge in [-0.05, 0) is 24.6 Å². The first kappa shape index (κ1) is 11.2. The molecule has 92 valence electrons. The number of rotatable bonds is 1. The van der Waals surface area contributed by atoms with Crippen LogP contribution >= 0.6 is 11.8 Å². The van der Waals surface area contributed by atoms with E-state index in [1.807, 2.05) is 25.1 Å². The molecule has 2 aromatic rings. The summed E-state index contributed by atoms with van der Waals surface area (Å²) >= 11 is 1.54. The van der Waals surface area contributed by atoms with Crippen molar-refractivity contribution in [3.05, 3.63) is 23.9 Å². The minimum atomic E-state index is 0.0292. The second-order valence-corrected chi connectivity index (χ2v) is 5.17. The van der Waals surface area contributed by atoms with Gasteiger partial charge in [0.25, 0.3) is 0 Å². The van der Waals surface area contributed by atoms with Crippen molar-refractivity contribution in [2.45, 2.75) is 11.8 Å². The van der Waals surface area contributed by atoms with Crippen molar-refractivity contribution >= 4 is 29.2 Å². The third-order valence-corrected chi connectivity index (χ3v) is 3.95. The number of H-pyrrole nitrogens is 1. The topological polar surface area (TPSA) is 83.8 Å². The van der Waals surface area contributed by atoms with E-state index in [2.05, 4.69) is 15.5 Å². The molecule has 4 N–H and O–H groups in total. The fourth-order valence-electron chi connectivity index (χ4n) is 2.05. The number of carbonyl (C=O) groups is 1. The van der Waals surface area contributed by atoms with Crippen LogP contribution in [0.1, 0.15) is 5.69 Å². The Morgan fingerprint density at radius 3 is 3.00 bits per heavy atom. The highest BCUT2D eigenvalue weighted by Crippen LogP contribution is 2.36. The van der Waals surface area contributed by atoms with Gasteiger partial charge in [0.05, 0.1) is 11.4 Å². The van der Waals surface area contributed by atoms with Gasteiger partial charge < -0.3 is 11.1 Å². The van der Waals surface area contributed by atoms with Crippen molar-refractivity contribution in [2.24, 2.45) is 0 Å². The second-order valence-electron chi connectivity index (χ2n) is 4.16. The number of nitrogens with two attached hydrogens (primary N) is 1. The van der Waals surface area contributed by atoms with E-state index in [0.717, 1.165) is 27.4 Å². The van der Waals surface area contributed by atoms with Crippen LogP contribution in [0.3, 0.4) is 0 Å². The first-order valence-electron chi connectivity index (χ1n) is 5.52. The molecule has 1 aliphatic heterocycles. The van der Waals surface area contributed by atoms with Gasteiger partial charge >= 0.3 is 0 Å². The molecule has 0 aliphatic carbocycles. The smallest absolute Gasteiger partial charge is 0.234 e. The van der Waals surface area contributed by atoms with Crippen molar-refractivity contribution in [3.63, 3.8) is 0 Å². The van der Waals surface area contributed by atoms with Gasteiger partial charge in [-0.2, -0.15) is 5.10 Å². The zero-order valence-corrected chi connectivity index (χ0v) is 10.6. The van der Waals surface area contributed by atoms with Crippen LogP contribution in [0.5, 0.6) is 0 Å². The Balaban J connectivity index is 2.10. The van der Waals surface area contributed by atoms with Gasteiger partial charge in [-0.3, -0.25) is 9.89 Å². The molecule has 1 aromatic heterocycles. The van der Waals surface area contributed by atoms with Gasteiger partial charge in [0.1, 0.15) is 0 Å². The molecule has 3 rings (SSSR count). The van der Waals surface area contributed by atoms with Crippen LogP contribution in [0.15, 0.2) is 23.1 Å². The van der Waals surface area contributed by atoms with Gasteiger partial charge in [0.15, 0.2) is 5.82 Å². The summed E-state index contributed by atoms with van der Waals surface area (Å²) in [6.07, 6.45) is 0. The van der Waals surface area contributed by atoms with Crippen LogP contribution in [0.2, 0.25) is 0 Å². The molecule has 1 aliphatic rings. The summed E-state index contributed by atoms with van der Waals surface area (Å²) in [6.45, 7) is 1.92. The number of nitrogen functional groups attached to an aromatic ring is 1. The maximum atomic E-state index is 11.4. The summed E-state index contributed by atoms with van der Waals surface area (Å²) < 4.78 is 0. The van der Waals surface area contributed by atoms with E-state index in [0.29, 0.717) is 11.6 Å². The van der Waals surface area contributed by atoms with Gasteiger partial charge in [-0.15, -0.1) is 11.8 Å². The molecular weight excluding hydrogens is 248 g/mol. The highest BCUT2D eigenvalue weighted by atomic mass is 32.2. The van der Waals surface area contributed by atoms with Crippen LogP contribution in [-0.4, -0.2) is 21.9 Å². The number of nitrogens with one attached hydrogen (secondary N) is 2. The van der Waals surface area contributed by atoms with Gasteiger partial charge in [-0.25, -0.2) is 0 Å². The van der Waals surface area contributed by atoms with Crippen LogP contribution in [0.4, 0.5) is 11.5 Å². The first-order chi connectivity index (χ1) is 8.65. The van der Waals surface area contributed by atoms with Crippen molar-refractivity contribution < 1.29 is 4.79 Å². The lowest BCUT2D eigenvalue weighted by Gasteiger charge is -2.17. The Hall–Kier alpha value is -1.95. The quantitative estimate of drug-likeness (QED) is 0.732. The number of aryl methyl sites for hydroxylation is 1. The van der Waals surface area contributed by atoms with E-state index < -0.39 is 0 Å². The number of aromatic nitrogens is 2. The second kappa shape index (κ2) is 4.06. The summed E-state index contributed by atoms with van der Waals surface area (Å²) in [5, 5.41) is 9.71. The van der Waals surface area contributed by atoms with Gasteiger partial charge in [0.2, 0.25) is 5.91 Å². The summed E-state index contributed by atoms with van der Waals surface area (Å²) in [4.78, 5) is 12.5. The standard InChI is InChI=1S/C12H12N4OS/c1-6-11(12(13)16-15-6)7-2-3-9-8(4-7)14-10(17)5-18-9/h2-4H,5H2,1H3,(H,14,17)(H3,13,15,16). The Kier molecular flexibility index (Phi) is 2.52. The summed E-state index contributed by atoms with van der Waals surface area (Å²) in [5.41, 5.74) is 9.45. The number of carbonyl (C=O) groups excluding carboxylic acids is 1. The number of nitrogens with zero attached hydrogens (tertiary/aromatic N) is 1. The maximum Gasteiger partial charge on any atom is 0.234 e. The number of hydrogen-bond acceptors (Lipinski definition) is 4. The molecule has 18 heavy (non-hydrogen) atoms. The van der Waals surface area contributed by atoms with E-state index in [4.69, 9.17) is 5.73 Å². The number of fused-ring (bicyclic) bond motifs is 1. The molecular formula is C12H12N4OS. The maximum absolute atomic E-state index is 11.4. The molecule has 0 saturated carbocycles. The van der Waals surface area contributed by atoms with E-state index in [-0.39, 0.29) is 5.91 Å². The van der Waals surface area contributed by atoms with Crippen LogP contribution in [-0.2, 0) is 4.79 Å². The summed E-state index contributed by atoms with van der Waals surface area (Å²) in [6, 6.07) is 5.94. The molecule has 6 heteroatoms. The highest BCUT2D eigenvalue weighted by molar-refractivity contribution is 8.00. The average Bonchev–Trinajstić information content (AvgIpc) is 2.68. The van der Waals surface area contributed by atoms with E-state index in [1.54, 1.807) is 11.8 Å². The monoisotopic (exact) mass is 260 g/mol. The third-order valence-electron chi connectivity index (χ3n) is 2.88. The fourth-order valence-corrected chi connectivity index (χ4v) is 2.84. The first-order valence-corrected chi connectivity index (χ1v) is 6.51. The molecule has 0 atom stereocenters. The van der Waals surface area contributed by atoms with Gasteiger partial charge in [0, 0.05) is 16.2 Å². The molecule has 0 fully saturated rings. The van der Waals surface area contributed by atoms with Crippen LogP contribution in [0, 0.1) is 6.92 Å². The predicted octanol–water partition coefficient (Wildman–Crippen LogP) is 2.01. The summed E-state index contributed by atoms with van der Waals surface area (Å²) in [7, 11) is 0. The lowest BCUT2D eigenvalue weighted by molar-refractivity contribution is -0.113. The molecule has 1 amide bonds. The predicted molar refractivity (Wildman–Crippen MR) is 72.5 cm³/mol. The Labute approximate surface area is 108 Å². The minimum Gasteiger partial charge on any atom is -0.382 e. The van der Waals surface area contributed by atoms with Crippen LogP contribution < -0.4 is 11.1 Å². The molecule has 1 aromatic carbocycles. The Morgan fingerprint density at radius 1 is 1.44 bits per heavy atom. The molecule has 0 spiro atoms. The number of amides is 1. The fraction of sp³-hybridized carbons (Fsp3) is 0.167. The molecule has 0 saturated heterocycles. The van der Waals surface area contributed by atoms with Gasteiger partial charge in [-0.1, -0.05) is 6.07 Å². The molecule has 0 unspecified atom stereocenters. The zero-order valence-electron chi connectivity index (χ0n) is 9.78. The lowest BCUT2D eigenvalue weighted by atomic mass is 10.1. The Bertz CT molecular complexity index is 616. The SMILES string of the molecule is Cc1[nH]nc(N)c1-c1ccc2c(c1)NC(=O)CS2. The summed E-state index contributed by atoms with van der Waals surface area (Å²) in [5.74, 6) is 0.975. The number of aromatic amines is 1. The van der Waals surface area contributed by atoms with E-state index in [1.165, 1.54) is 0 Å². The number of thioether (sulfide) groups is 1. The van der Waals surface area contributed by atoms with E-state index >= 15 is 0 Å². The average molecular weight is 260 g/mol. The highest BCUT2D eigenvalue weighted by Gasteiger charge is 2.17. The normalized spacial score (nSPS) is 14.2. The largest absolute Gasteiger partial charge is 0.382 e. The molecule has 0 bridgehead atoms. The van der Waals surface area contributed by atoms with Crippen molar-refractivity contribution in [1.29, 1.82) is 0 Å². The third kappa shape index (κ3) is 1.74. The number of benzene rings is 1. The van der Waals surface area contributed by atoms with Crippen molar-refractivity contribution in [2.75, 3.05) is 16.8 Å². The Morgan fingerprint density at radius 2 is 2.28 bits per heavy atom. The molecule has 2 heterocycles. The molecule has 0 radical (unpaired) electrons.